The predicted octanol–water partition coefficient (Wildman–Crippen LogP) is 5.17. The lowest BCUT2D eigenvalue weighted by molar-refractivity contribution is -0.121. The minimum absolute atomic E-state index is 0.0629. The SMILES string of the molecule is COCCN1C(=O)[C@@H](NC(c2ccccc2)(c2ccccc2)c2ccccc2)Cc2ccccc21. The van der Waals surface area contributed by atoms with Crippen LogP contribution in [0.3, 0.4) is 0 Å². The van der Waals surface area contributed by atoms with Crippen LogP contribution in [0.4, 0.5) is 5.69 Å². The third-order valence-corrected chi connectivity index (χ3v) is 6.80. The van der Waals surface area contributed by atoms with Gasteiger partial charge in [-0.05, 0) is 34.7 Å². The number of benzene rings is 4. The van der Waals surface area contributed by atoms with Crippen molar-refractivity contribution in [3.8, 4) is 0 Å². The van der Waals surface area contributed by atoms with Crippen molar-refractivity contribution >= 4 is 11.6 Å². The normalized spacial score (nSPS) is 15.6. The molecule has 1 aliphatic rings. The summed E-state index contributed by atoms with van der Waals surface area (Å²) in [5.74, 6) is 0.0629. The van der Waals surface area contributed by atoms with Gasteiger partial charge >= 0.3 is 0 Å². The lowest BCUT2D eigenvalue weighted by Crippen LogP contribution is -2.59. The molecular formula is C31H30N2O2. The first kappa shape index (κ1) is 23.0. The maximum atomic E-state index is 14.0. The number of amides is 1. The molecule has 176 valence electrons. The van der Waals surface area contributed by atoms with Crippen LogP contribution in [0, 0.1) is 0 Å². The number of nitrogens with zero attached hydrogens (tertiary/aromatic N) is 1. The van der Waals surface area contributed by atoms with E-state index in [1.807, 2.05) is 41.3 Å². The molecule has 0 saturated heterocycles. The Kier molecular flexibility index (Phi) is 6.75. The summed E-state index contributed by atoms with van der Waals surface area (Å²) in [7, 11) is 1.67. The summed E-state index contributed by atoms with van der Waals surface area (Å²) in [5.41, 5.74) is 4.69. The Morgan fingerprint density at radius 3 is 1.77 bits per heavy atom. The number of methoxy groups -OCH3 is 1. The van der Waals surface area contributed by atoms with Gasteiger partial charge in [-0.15, -0.1) is 0 Å². The molecular weight excluding hydrogens is 432 g/mol. The Bertz CT molecular complexity index is 1160. The summed E-state index contributed by atoms with van der Waals surface area (Å²) >= 11 is 0. The van der Waals surface area contributed by atoms with Crippen molar-refractivity contribution < 1.29 is 9.53 Å². The molecule has 0 spiro atoms. The van der Waals surface area contributed by atoms with E-state index >= 15 is 0 Å². The van der Waals surface area contributed by atoms with Crippen LogP contribution in [-0.2, 0) is 21.5 Å². The van der Waals surface area contributed by atoms with Crippen molar-refractivity contribution in [2.24, 2.45) is 0 Å². The number of ether oxygens (including phenoxy) is 1. The van der Waals surface area contributed by atoms with Gasteiger partial charge in [0.15, 0.2) is 0 Å². The highest BCUT2D eigenvalue weighted by molar-refractivity contribution is 6.00. The van der Waals surface area contributed by atoms with E-state index in [-0.39, 0.29) is 5.91 Å². The summed E-state index contributed by atoms with van der Waals surface area (Å²) in [6.07, 6.45) is 0.618. The van der Waals surface area contributed by atoms with Crippen LogP contribution >= 0.6 is 0 Å². The Labute approximate surface area is 207 Å². The van der Waals surface area contributed by atoms with Crippen molar-refractivity contribution in [1.82, 2.24) is 5.32 Å². The van der Waals surface area contributed by atoms with Crippen LogP contribution in [0.5, 0.6) is 0 Å². The standard InChI is InChI=1S/C31H30N2O2/c1-35-22-21-33-29-20-12-11-13-24(29)23-28(30(33)34)32-31(25-14-5-2-6-15-25,26-16-7-3-8-17-26)27-18-9-4-10-19-27/h2-20,28,32H,21-23H2,1H3/t28-/m0/s1. The zero-order chi connectivity index (χ0) is 24.1. The van der Waals surface area contributed by atoms with Gasteiger partial charge in [0, 0.05) is 19.3 Å². The van der Waals surface area contributed by atoms with Gasteiger partial charge in [0.05, 0.1) is 18.2 Å². The van der Waals surface area contributed by atoms with E-state index in [0.717, 1.165) is 27.9 Å². The number of carbonyl (C=O) groups excluding carboxylic acids is 1. The molecule has 4 aromatic rings. The molecule has 4 heteroatoms. The first-order chi connectivity index (χ1) is 17.2. The Morgan fingerprint density at radius 2 is 1.26 bits per heavy atom. The van der Waals surface area contributed by atoms with Gasteiger partial charge < -0.3 is 9.64 Å². The highest BCUT2D eigenvalue weighted by Gasteiger charge is 2.42. The van der Waals surface area contributed by atoms with Crippen LogP contribution in [0.2, 0.25) is 0 Å². The van der Waals surface area contributed by atoms with Gasteiger partial charge in [-0.3, -0.25) is 10.1 Å². The maximum Gasteiger partial charge on any atom is 0.244 e. The van der Waals surface area contributed by atoms with Crippen molar-refractivity contribution in [1.29, 1.82) is 0 Å². The molecule has 0 saturated carbocycles. The van der Waals surface area contributed by atoms with Crippen LogP contribution in [0.1, 0.15) is 22.3 Å². The summed E-state index contributed by atoms with van der Waals surface area (Å²) < 4.78 is 5.34. The molecule has 0 aromatic heterocycles. The largest absolute Gasteiger partial charge is 0.383 e. The average molecular weight is 463 g/mol. The van der Waals surface area contributed by atoms with E-state index in [1.165, 1.54) is 0 Å². The number of nitrogens with one attached hydrogen (secondary N) is 1. The zero-order valence-corrected chi connectivity index (χ0v) is 19.9. The molecule has 1 heterocycles. The number of anilines is 1. The number of hydrogen-bond donors (Lipinski definition) is 1. The third kappa shape index (κ3) is 4.39. The van der Waals surface area contributed by atoms with Gasteiger partial charge in [-0.25, -0.2) is 0 Å². The number of rotatable bonds is 8. The molecule has 1 N–H and O–H groups in total. The van der Waals surface area contributed by atoms with E-state index < -0.39 is 11.6 Å². The molecule has 1 atom stereocenters. The molecule has 4 nitrogen and oxygen atoms in total. The van der Waals surface area contributed by atoms with Crippen LogP contribution in [0.25, 0.3) is 0 Å². The van der Waals surface area contributed by atoms with Gasteiger partial charge in [-0.1, -0.05) is 109 Å². The predicted molar refractivity (Wildman–Crippen MR) is 141 cm³/mol. The zero-order valence-electron chi connectivity index (χ0n) is 19.9. The smallest absolute Gasteiger partial charge is 0.244 e. The second-order valence-electron chi connectivity index (χ2n) is 8.86. The fraction of sp³-hybridized carbons (Fsp3) is 0.194. The summed E-state index contributed by atoms with van der Waals surface area (Å²) in [4.78, 5) is 15.8. The van der Waals surface area contributed by atoms with Crippen molar-refractivity contribution in [3.05, 3.63) is 138 Å². The minimum atomic E-state index is -0.705. The second-order valence-corrected chi connectivity index (χ2v) is 8.86. The van der Waals surface area contributed by atoms with E-state index in [0.29, 0.717) is 19.6 Å². The van der Waals surface area contributed by atoms with Gasteiger partial charge in [-0.2, -0.15) is 0 Å². The van der Waals surface area contributed by atoms with Crippen LogP contribution in [0.15, 0.2) is 115 Å². The van der Waals surface area contributed by atoms with E-state index in [9.17, 15) is 4.79 Å². The van der Waals surface area contributed by atoms with Gasteiger partial charge in [0.2, 0.25) is 5.91 Å². The fourth-order valence-electron chi connectivity index (χ4n) is 5.16. The van der Waals surface area contributed by atoms with Gasteiger partial charge in [0.1, 0.15) is 0 Å². The molecule has 0 fully saturated rings. The van der Waals surface area contributed by atoms with E-state index in [2.05, 4.69) is 84.2 Å². The lowest BCUT2D eigenvalue weighted by Gasteiger charge is -2.43. The van der Waals surface area contributed by atoms with Crippen LogP contribution in [-0.4, -0.2) is 32.2 Å². The summed E-state index contributed by atoms with van der Waals surface area (Å²) in [6.45, 7) is 0.994. The van der Waals surface area contributed by atoms with E-state index in [4.69, 9.17) is 4.74 Å². The summed E-state index contributed by atoms with van der Waals surface area (Å²) in [6, 6.07) is 39.0. The first-order valence-electron chi connectivity index (χ1n) is 12.1. The first-order valence-corrected chi connectivity index (χ1v) is 12.1. The average Bonchev–Trinajstić information content (AvgIpc) is 2.93. The van der Waals surface area contributed by atoms with Crippen molar-refractivity contribution in [3.63, 3.8) is 0 Å². The topological polar surface area (TPSA) is 41.6 Å². The monoisotopic (exact) mass is 462 g/mol. The highest BCUT2D eigenvalue weighted by Crippen LogP contribution is 2.39. The number of fused-ring (bicyclic) bond motifs is 1. The molecule has 0 bridgehead atoms. The lowest BCUT2D eigenvalue weighted by atomic mass is 9.76. The Hall–Kier alpha value is -3.73. The maximum absolute atomic E-state index is 14.0. The van der Waals surface area contributed by atoms with E-state index in [1.54, 1.807) is 7.11 Å². The molecule has 0 radical (unpaired) electrons. The Morgan fingerprint density at radius 1 is 0.771 bits per heavy atom. The fourth-order valence-corrected chi connectivity index (χ4v) is 5.16. The Balaban J connectivity index is 1.66. The molecule has 4 aromatic carbocycles. The molecule has 0 unspecified atom stereocenters. The van der Waals surface area contributed by atoms with Gasteiger partial charge in [0.25, 0.3) is 0 Å². The molecule has 5 rings (SSSR count). The third-order valence-electron chi connectivity index (χ3n) is 6.80. The van der Waals surface area contributed by atoms with Crippen molar-refractivity contribution in [2.75, 3.05) is 25.2 Å². The molecule has 0 aliphatic carbocycles. The quantitative estimate of drug-likeness (QED) is 0.367. The summed E-state index contributed by atoms with van der Waals surface area (Å²) in [5, 5.41) is 3.88. The van der Waals surface area contributed by atoms with Crippen LogP contribution < -0.4 is 10.2 Å². The number of para-hydroxylation sites is 1. The number of hydrogen-bond acceptors (Lipinski definition) is 3. The molecule has 1 aliphatic heterocycles. The number of carbonyl (C=O) groups is 1. The molecule has 1 amide bonds. The minimum Gasteiger partial charge on any atom is -0.383 e. The van der Waals surface area contributed by atoms with Crippen molar-refractivity contribution in [2.45, 2.75) is 18.0 Å². The molecule has 35 heavy (non-hydrogen) atoms. The highest BCUT2D eigenvalue weighted by atomic mass is 16.5. The second kappa shape index (κ2) is 10.3.